The van der Waals surface area contributed by atoms with Crippen LogP contribution in [-0.4, -0.2) is 63.5 Å². The van der Waals surface area contributed by atoms with Crippen LogP contribution in [0.2, 0.25) is 0 Å². The normalized spacial score (nSPS) is 33.1. The first-order valence-corrected chi connectivity index (χ1v) is 9.54. The Balaban J connectivity index is 1.72. The maximum absolute atomic E-state index is 12.9. The molecule has 2 heterocycles. The van der Waals surface area contributed by atoms with Crippen molar-refractivity contribution in [3.8, 4) is 0 Å². The summed E-state index contributed by atoms with van der Waals surface area (Å²) >= 11 is 1.60. The van der Waals surface area contributed by atoms with Crippen LogP contribution in [0.3, 0.4) is 0 Å². The lowest BCUT2D eigenvalue weighted by atomic mass is 9.81. The number of amides is 2. The molecule has 3 rings (SSSR count). The highest BCUT2D eigenvalue weighted by Crippen LogP contribution is 2.49. The smallest absolute Gasteiger partial charge is 0.311 e. The second-order valence-electron chi connectivity index (χ2n) is 6.90. The zero-order valence-electron chi connectivity index (χ0n) is 13.5. The van der Waals surface area contributed by atoms with Crippen LogP contribution in [0.15, 0.2) is 0 Å². The number of carbonyl (C=O) groups excluding carboxylic acids is 2. The van der Waals surface area contributed by atoms with E-state index in [1.807, 2.05) is 6.92 Å². The molecule has 0 aromatic heterocycles. The van der Waals surface area contributed by atoms with Crippen molar-refractivity contribution in [2.45, 2.75) is 45.1 Å². The van der Waals surface area contributed by atoms with Crippen molar-refractivity contribution in [1.29, 1.82) is 0 Å². The van der Waals surface area contributed by atoms with E-state index in [4.69, 9.17) is 0 Å². The Morgan fingerprint density at radius 3 is 2.78 bits per heavy atom. The molecule has 3 atom stereocenters. The van der Waals surface area contributed by atoms with Gasteiger partial charge in [-0.05, 0) is 25.2 Å². The molecule has 0 aromatic carbocycles. The molecule has 23 heavy (non-hydrogen) atoms. The first-order valence-electron chi connectivity index (χ1n) is 8.39. The Bertz CT molecular complexity index is 526. The van der Waals surface area contributed by atoms with E-state index in [1.54, 1.807) is 21.6 Å². The number of carboxylic acid groups (broad SMARTS) is 1. The minimum absolute atomic E-state index is 0.0307. The van der Waals surface area contributed by atoms with E-state index < -0.39 is 17.4 Å². The largest absolute Gasteiger partial charge is 0.481 e. The number of thioether (sulfide) groups is 1. The van der Waals surface area contributed by atoms with E-state index in [9.17, 15) is 19.5 Å². The van der Waals surface area contributed by atoms with Crippen LogP contribution in [0.4, 0.5) is 0 Å². The van der Waals surface area contributed by atoms with Crippen molar-refractivity contribution in [2.24, 2.45) is 11.3 Å². The summed E-state index contributed by atoms with van der Waals surface area (Å²) in [4.78, 5) is 40.2. The Hall–Kier alpha value is -1.24. The number of hydrogen-bond donors (Lipinski definition) is 1. The lowest BCUT2D eigenvalue weighted by Gasteiger charge is -2.28. The van der Waals surface area contributed by atoms with Crippen LogP contribution < -0.4 is 0 Å². The number of nitrogens with zero attached hydrogens (tertiary/aromatic N) is 2. The van der Waals surface area contributed by atoms with Gasteiger partial charge in [0.2, 0.25) is 11.8 Å². The summed E-state index contributed by atoms with van der Waals surface area (Å²) in [6, 6.07) is -0.413. The predicted molar refractivity (Wildman–Crippen MR) is 86.9 cm³/mol. The van der Waals surface area contributed by atoms with Gasteiger partial charge in [-0.15, -0.1) is 11.8 Å². The third kappa shape index (κ3) is 2.73. The van der Waals surface area contributed by atoms with Crippen molar-refractivity contribution in [2.75, 3.05) is 24.7 Å². The van der Waals surface area contributed by atoms with Crippen molar-refractivity contribution in [1.82, 2.24) is 9.80 Å². The summed E-state index contributed by atoms with van der Waals surface area (Å²) in [5.41, 5.74) is -0.750. The average molecular weight is 340 g/mol. The monoisotopic (exact) mass is 340 g/mol. The second kappa shape index (κ2) is 6.34. The third-order valence-corrected chi connectivity index (χ3v) is 6.57. The van der Waals surface area contributed by atoms with Crippen molar-refractivity contribution in [3.05, 3.63) is 0 Å². The summed E-state index contributed by atoms with van der Waals surface area (Å²) in [5.74, 6) is 0.456. The average Bonchev–Trinajstić information content (AvgIpc) is 3.20. The molecule has 1 aliphatic carbocycles. The number of carboxylic acids is 1. The van der Waals surface area contributed by atoms with Crippen molar-refractivity contribution >= 4 is 29.5 Å². The molecule has 2 saturated heterocycles. The minimum atomic E-state index is -0.769. The maximum atomic E-state index is 12.9. The fourth-order valence-electron chi connectivity index (χ4n) is 4.27. The van der Waals surface area contributed by atoms with Gasteiger partial charge in [-0.25, -0.2) is 0 Å². The van der Waals surface area contributed by atoms with E-state index in [-0.39, 0.29) is 17.7 Å². The number of likely N-dealkylation sites (tertiary alicyclic amines) is 1. The van der Waals surface area contributed by atoms with Gasteiger partial charge in [0.25, 0.3) is 0 Å². The molecule has 0 radical (unpaired) electrons. The molecule has 1 saturated carbocycles. The zero-order chi connectivity index (χ0) is 16.6. The molecule has 0 aromatic rings. The standard InChI is InChI=1S/C16H24N2O4S/c1-2-4-13(19)18-10-23-8-12(18)14(20)17-7-11-5-3-6-16(11,9-17)15(21)22/h11-12H,2-10H2,1H3,(H,21,22)/t11-,12?,16+/m0/s1. The van der Waals surface area contributed by atoms with Crippen LogP contribution in [-0.2, 0) is 14.4 Å². The molecule has 1 unspecified atom stereocenters. The molecule has 0 bridgehead atoms. The fraction of sp³-hybridized carbons (Fsp3) is 0.812. The zero-order valence-corrected chi connectivity index (χ0v) is 14.3. The Kier molecular flexibility index (Phi) is 4.58. The first kappa shape index (κ1) is 16.6. The quantitative estimate of drug-likeness (QED) is 0.837. The molecule has 128 valence electrons. The summed E-state index contributed by atoms with van der Waals surface area (Å²) in [6.45, 7) is 2.79. The van der Waals surface area contributed by atoms with E-state index in [2.05, 4.69) is 0 Å². The van der Waals surface area contributed by atoms with Gasteiger partial charge < -0.3 is 14.9 Å². The highest BCUT2D eigenvalue weighted by molar-refractivity contribution is 7.99. The van der Waals surface area contributed by atoms with Crippen LogP contribution >= 0.6 is 11.8 Å². The molecule has 7 heteroatoms. The molecule has 2 aliphatic heterocycles. The van der Waals surface area contributed by atoms with Gasteiger partial charge >= 0.3 is 5.97 Å². The molecular weight excluding hydrogens is 316 g/mol. The van der Waals surface area contributed by atoms with E-state index in [0.717, 1.165) is 19.3 Å². The van der Waals surface area contributed by atoms with Gasteiger partial charge in [0.15, 0.2) is 0 Å². The highest BCUT2D eigenvalue weighted by Gasteiger charge is 2.56. The first-order chi connectivity index (χ1) is 11.0. The molecule has 2 amide bonds. The van der Waals surface area contributed by atoms with E-state index in [0.29, 0.717) is 37.6 Å². The van der Waals surface area contributed by atoms with Gasteiger partial charge in [-0.2, -0.15) is 0 Å². The second-order valence-corrected chi connectivity index (χ2v) is 7.90. The molecule has 6 nitrogen and oxygen atoms in total. The van der Waals surface area contributed by atoms with Gasteiger partial charge in [-0.1, -0.05) is 13.3 Å². The third-order valence-electron chi connectivity index (χ3n) is 5.56. The highest BCUT2D eigenvalue weighted by atomic mass is 32.2. The van der Waals surface area contributed by atoms with Crippen LogP contribution in [0.5, 0.6) is 0 Å². The Morgan fingerprint density at radius 1 is 1.35 bits per heavy atom. The van der Waals surface area contributed by atoms with Gasteiger partial charge in [0, 0.05) is 25.3 Å². The number of aliphatic carboxylic acids is 1. The number of fused-ring (bicyclic) bond motifs is 1. The molecule has 0 spiro atoms. The Morgan fingerprint density at radius 2 is 2.13 bits per heavy atom. The Labute approximate surface area is 140 Å². The van der Waals surface area contributed by atoms with Crippen molar-refractivity contribution < 1.29 is 19.5 Å². The molecule has 3 aliphatic rings. The minimum Gasteiger partial charge on any atom is -0.481 e. The van der Waals surface area contributed by atoms with E-state index in [1.165, 1.54) is 0 Å². The topological polar surface area (TPSA) is 77.9 Å². The molecule has 1 N–H and O–H groups in total. The fourth-order valence-corrected chi connectivity index (χ4v) is 5.44. The van der Waals surface area contributed by atoms with Gasteiger partial charge in [-0.3, -0.25) is 14.4 Å². The van der Waals surface area contributed by atoms with Gasteiger partial charge in [0.05, 0.1) is 11.3 Å². The molecular formula is C16H24N2O4S. The van der Waals surface area contributed by atoms with Gasteiger partial charge in [0.1, 0.15) is 6.04 Å². The lowest BCUT2D eigenvalue weighted by Crippen LogP contribution is -2.49. The SMILES string of the molecule is CCCC(=O)N1CSCC1C(=O)N1C[C@@H]2CCC[C@@]2(C(=O)O)C1. The van der Waals surface area contributed by atoms with Crippen LogP contribution in [0.1, 0.15) is 39.0 Å². The van der Waals surface area contributed by atoms with Crippen LogP contribution in [0, 0.1) is 11.3 Å². The summed E-state index contributed by atoms with van der Waals surface area (Å²) in [6.07, 6.45) is 3.71. The number of carbonyl (C=O) groups is 3. The van der Waals surface area contributed by atoms with Crippen molar-refractivity contribution in [3.63, 3.8) is 0 Å². The summed E-state index contributed by atoms with van der Waals surface area (Å²) in [7, 11) is 0. The summed E-state index contributed by atoms with van der Waals surface area (Å²) < 4.78 is 0. The molecule has 3 fully saturated rings. The maximum Gasteiger partial charge on any atom is 0.311 e. The number of hydrogen-bond acceptors (Lipinski definition) is 4. The number of rotatable bonds is 4. The van der Waals surface area contributed by atoms with Crippen LogP contribution in [0.25, 0.3) is 0 Å². The summed E-state index contributed by atoms with van der Waals surface area (Å²) in [5, 5.41) is 9.64. The lowest BCUT2D eigenvalue weighted by molar-refractivity contribution is -0.150. The van der Waals surface area contributed by atoms with E-state index >= 15 is 0 Å². The predicted octanol–water partition coefficient (Wildman–Crippen LogP) is 1.40.